The summed E-state index contributed by atoms with van der Waals surface area (Å²) >= 11 is -2.06. The lowest BCUT2D eigenvalue weighted by Gasteiger charge is -2.19. The quantitative estimate of drug-likeness (QED) is 0.730. The lowest BCUT2D eigenvalue weighted by atomic mass is 10.1. The maximum atomic E-state index is 11.1. The average Bonchev–Trinajstić information content (AvgIpc) is 3.03. The monoisotopic (exact) mass is 220 g/mol. The fraction of sp³-hybridized carbons (Fsp3) is 0.364. The molecule has 3 nitrogen and oxygen atoms in total. The van der Waals surface area contributed by atoms with Gasteiger partial charge in [0.05, 0.1) is 11.6 Å². The second kappa shape index (κ2) is 4.13. The van der Waals surface area contributed by atoms with Crippen LogP contribution in [0.4, 0.5) is 0 Å². The number of rotatable bonds is 3. The Hall–Kier alpha value is -1.18. The van der Waals surface area contributed by atoms with Gasteiger partial charge in [-0.1, -0.05) is 12.1 Å². The van der Waals surface area contributed by atoms with Gasteiger partial charge < -0.3 is 4.55 Å². The Labute approximate surface area is 91.0 Å². The average molecular weight is 220 g/mol. The number of benzene rings is 1. The molecule has 0 radical (unpaired) electrons. The summed E-state index contributed by atoms with van der Waals surface area (Å²) < 4.78 is 22.1. The molecule has 0 N–H and O–H groups in total. The summed E-state index contributed by atoms with van der Waals surface area (Å²) in [6, 6.07) is 8.81. The van der Waals surface area contributed by atoms with Crippen LogP contribution >= 0.6 is 0 Å². The van der Waals surface area contributed by atoms with Crippen LogP contribution in [-0.2, 0) is 11.1 Å². The second-order valence-corrected chi connectivity index (χ2v) is 4.78. The molecule has 0 aromatic heterocycles. The van der Waals surface area contributed by atoms with Crippen molar-refractivity contribution >= 4 is 11.1 Å². The van der Waals surface area contributed by atoms with E-state index in [1.165, 1.54) is 0 Å². The third kappa shape index (κ3) is 2.25. The third-order valence-electron chi connectivity index (χ3n) is 2.63. The Morgan fingerprint density at radius 1 is 1.40 bits per heavy atom. The molecule has 1 aliphatic rings. The highest BCUT2D eigenvalue weighted by Crippen LogP contribution is 2.44. The molecule has 78 valence electrons. The fourth-order valence-electron chi connectivity index (χ4n) is 1.69. The van der Waals surface area contributed by atoms with E-state index in [1.807, 2.05) is 6.07 Å². The summed E-state index contributed by atoms with van der Waals surface area (Å²) in [5.41, 5.74) is 1.36. The zero-order chi connectivity index (χ0) is 10.8. The van der Waals surface area contributed by atoms with Crippen molar-refractivity contribution in [2.24, 2.45) is 5.92 Å². The summed E-state index contributed by atoms with van der Waals surface area (Å²) in [6.07, 6.45) is 1.97. The molecule has 15 heavy (non-hydrogen) atoms. The molecule has 0 spiro atoms. The van der Waals surface area contributed by atoms with Crippen molar-refractivity contribution in [1.82, 2.24) is 0 Å². The lowest BCUT2D eigenvalue weighted by molar-refractivity contribution is 0.515. The van der Waals surface area contributed by atoms with Crippen molar-refractivity contribution in [2.75, 3.05) is 0 Å². The van der Waals surface area contributed by atoms with Gasteiger partial charge in [0.15, 0.2) is 0 Å². The summed E-state index contributed by atoms with van der Waals surface area (Å²) in [6.45, 7) is 0. The number of hydrogen-bond acceptors (Lipinski definition) is 3. The molecule has 1 aromatic carbocycles. The predicted molar refractivity (Wildman–Crippen MR) is 55.5 cm³/mol. The molecule has 2 unspecified atom stereocenters. The van der Waals surface area contributed by atoms with E-state index < -0.39 is 16.3 Å². The van der Waals surface area contributed by atoms with E-state index in [0.717, 1.165) is 18.4 Å². The van der Waals surface area contributed by atoms with Gasteiger partial charge in [-0.2, -0.15) is 5.26 Å². The van der Waals surface area contributed by atoms with Crippen molar-refractivity contribution in [3.05, 3.63) is 35.4 Å². The van der Waals surface area contributed by atoms with Gasteiger partial charge in [-0.3, -0.25) is 4.21 Å². The van der Waals surface area contributed by atoms with E-state index in [1.54, 1.807) is 24.3 Å². The zero-order valence-corrected chi connectivity index (χ0v) is 8.87. The highest BCUT2D eigenvalue weighted by atomic mass is 32.2. The van der Waals surface area contributed by atoms with Gasteiger partial charge in [0, 0.05) is 5.25 Å². The molecular weight excluding hydrogens is 210 g/mol. The van der Waals surface area contributed by atoms with Crippen LogP contribution in [0.25, 0.3) is 0 Å². The van der Waals surface area contributed by atoms with Gasteiger partial charge in [0.2, 0.25) is 0 Å². The molecule has 0 amide bonds. The second-order valence-electron chi connectivity index (χ2n) is 3.75. The van der Waals surface area contributed by atoms with Crippen LogP contribution in [0.3, 0.4) is 0 Å². The minimum atomic E-state index is -2.06. The van der Waals surface area contributed by atoms with Crippen molar-refractivity contribution in [3.63, 3.8) is 0 Å². The van der Waals surface area contributed by atoms with Gasteiger partial charge in [-0.05, 0) is 47.5 Å². The molecule has 2 rings (SSSR count). The molecule has 2 atom stereocenters. The van der Waals surface area contributed by atoms with E-state index in [-0.39, 0.29) is 5.92 Å². The van der Waals surface area contributed by atoms with Crippen molar-refractivity contribution in [2.45, 2.75) is 18.1 Å². The van der Waals surface area contributed by atoms with E-state index >= 15 is 0 Å². The first kappa shape index (κ1) is 10.3. The Morgan fingerprint density at radius 3 is 2.40 bits per heavy atom. The Kier molecular flexibility index (Phi) is 2.85. The fourth-order valence-corrected chi connectivity index (χ4v) is 2.65. The number of nitriles is 1. The van der Waals surface area contributed by atoms with Crippen LogP contribution in [0.5, 0.6) is 0 Å². The maximum absolute atomic E-state index is 11.1. The highest BCUT2D eigenvalue weighted by molar-refractivity contribution is 7.79. The largest absolute Gasteiger partial charge is 0.772 e. The topological polar surface area (TPSA) is 63.9 Å². The predicted octanol–water partition coefficient (Wildman–Crippen LogP) is 1.89. The third-order valence-corrected chi connectivity index (χ3v) is 3.70. The van der Waals surface area contributed by atoms with Crippen molar-refractivity contribution in [1.29, 1.82) is 5.26 Å². The summed E-state index contributed by atoms with van der Waals surface area (Å²) in [4.78, 5) is 0. The molecule has 4 heteroatoms. The Balaban J connectivity index is 2.26. The smallest absolute Gasteiger partial charge is 0.0991 e. The first-order valence-electron chi connectivity index (χ1n) is 4.80. The normalized spacial score (nSPS) is 19.2. The molecule has 1 aromatic rings. The molecule has 1 aliphatic carbocycles. The molecule has 0 saturated heterocycles. The van der Waals surface area contributed by atoms with Gasteiger partial charge >= 0.3 is 0 Å². The molecule has 1 fully saturated rings. The van der Waals surface area contributed by atoms with Gasteiger partial charge in [0.25, 0.3) is 0 Å². The maximum Gasteiger partial charge on any atom is 0.0991 e. The molecule has 1 saturated carbocycles. The van der Waals surface area contributed by atoms with Crippen LogP contribution < -0.4 is 0 Å². The van der Waals surface area contributed by atoms with E-state index in [2.05, 4.69) is 0 Å². The lowest BCUT2D eigenvalue weighted by Crippen LogP contribution is -2.08. The Bertz CT molecular complexity index is 417. The number of nitrogens with zero attached hydrogens (tertiary/aromatic N) is 1. The van der Waals surface area contributed by atoms with E-state index in [9.17, 15) is 8.76 Å². The SMILES string of the molecule is N#Cc1ccc(C(C2CC2)S(=O)[O-])cc1. The van der Waals surface area contributed by atoms with Crippen LogP contribution in [-0.4, -0.2) is 8.76 Å². The van der Waals surface area contributed by atoms with Gasteiger partial charge in [-0.15, -0.1) is 0 Å². The van der Waals surface area contributed by atoms with Gasteiger partial charge in [-0.25, -0.2) is 0 Å². The number of hydrogen-bond donors (Lipinski definition) is 0. The van der Waals surface area contributed by atoms with Gasteiger partial charge in [0.1, 0.15) is 0 Å². The molecule has 0 bridgehead atoms. The highest BCUT2D eigenvalue weighted by Gasteiger charge is 2.33. The van der Waals surface area contributed by atoms with Crippen LogP contribution in [0.15, 0.2) is 24.3 Å². The summed E-state index contributed by atoms with van der Waals surface area (Å²) in [5, 5.41) is 8.24. The molecule has 0 aliphatic heterocycles. The summed E-state index contributed by atoms with van der Waals surface area (Å²) in [7, 11) is 0. The van der Waals surface area contributed by atoms with Crippen LogP contribution in [0.1, 0.15) is 29.2 Å². The zero-order valence-electron chi connectivity index (χ0n) is 8.05. The first-order chi connectivity index (χ1) is 7.22. The standard InChI is InChI=1S/C11H11NO2S/c12-7-8-1-3-9(4-2-8)11(15(13)14)10-5-6-10/h1-4,10-11H,5-6H2,(H,13,14)/p-1. The van der Waals surface area contributed by atoms with E-state index in [0.29, 0.717) is 5.56 Å². The Morgan fingerprint density at radius 2 is 2.00 bits per heavy atom. The molecular formula is C11H10NO2S-. The minimum Gasteiger partial charge on any atom is -0.772 e. The van der Waals surface area contributed by atoms with Crippen LogP contribution in [0, 0.1) is 17.2 Å². The van der Waals surface area contributed by atoms with E-state index in [4.69, 9.17) is 5.26 Å². The van der Waals surface area contributed by atoms with Crippen molar-refractivity contribution in [3.8, 4) is 6.07 Å². The van der Waals surface area contributed by atoms with Crippen LogP contribution in [0.2, 0.25) is 0 Å². The summed E-state index contributed by atoms with van der Waals surface area (Å²) in [5.74, 6) is 0.274. The van der Waals surface area contributed by atoms with Crippen molar-refractivity contribution < 1.29 is 8.76 Å². The molecule has 0 heterocycles. The first-order valence-corrected chi connectivity index (χ1v) is 5.94. The minimum absolute atomic E-state index is 0.274.